The number of nitrogens with zero attached hydrogens (tertiary/aromatic N) is 1. The van der Waals surface area contributed by atoms with E-state index in [1.165, 1.54) is 31.4 Å². The third-order valence-electron chi connectivity index (χ3n) is 4.52. The lowest BCUT2D eigenvalue weighted by Crippen LogP contribution is -2.39. The van der Waals surface area contributed by atoms with Crippen molar-refractivity contribution in [2.45, 2.75) is 44.4 Å². The Morgan fingerprint density at radius 1 is 1.37 bits per heavy atom. The molecule has 1 aliphatic heterocycles. The Labute approximate surface area is 117 Å². The van der Waals surface area contributed by atoms with Crippen LogP contribution in [0.3, 0.4) is 0 Å². The molecular formula is C17H26NO. The van der Waals surface area contributed by atoms with E-state index < -0.39 is 0 Å². The third kappa shape index (κ3) is 3.30. The lowest BCUT2D eigenvalue weighted by Gasteiger charge is -2.36. The average molecular weight is 260 g/mol. The summed E-state index contributed by atoms with van der Waals surface area (Å²) < 4.78 is 0. The number of likely N-dealkylation sites (tertiary alicyclic amines) is 1. The molecule has 1 radical (unpaired) electrons. The van der Waals surface area contributed by atoms with Gasteiger partial charge in [-0.25, -0.2) is 0 Å². The van der Waals surface area contributed by atoms with Crippen LogP contribution in [0.1, 0.15) is 44.6 Å². The molecule has 1 aromatic carbocycles. The van der Waals surface area contributed by atoms with Gasteiger partial charge >= 0.3 is 0 Å². The summed E-state index contributed by atoms with van der Waals surface area (Å²) in [6.45, 7) is 9.64. The van der Waals surface area contributed by atoms with Gasteiger partial charge in [-0.1, -0.05) is 32.4 Å². The average Bonchev–Trinajstić information content (AvgIpc) is 2.62. The van der Waals surface area contributed by atoms with Gasteiger partial charge in [-0.3, -0.25) is 0 Å². The summed E-state index contributed by atoms with van der Waals surface area (Å²) in [6, 6.07) is 7.87. The molecule has 0 aromatic heterocycles. The van der Waals surface area contributed by atoms with E-state index in [-0.39, 0.29) is 5.41 Å². The quantitative estimate of drug-likeness (QED) is 0.891. The number of phenols is 1. The van der Waals surface area contributed by atoms with Gasteiger partial charge in [0, 0.05) is 12.0 Å². The summed E-state index contributed by atoms with van der Waals surface area (Å²) in [4.78, 5) is 2.55. The first kappa shape index (κ1) is 14.4. The predicted molar refractivity (Wildman–Crippen MR) is 80.3 cm³/mol. The van der Waals surface area contributed by atoms with Gasteiger partial charge in [-0.05, 0) is 56.5 Å². The summed E-state index contributed by atoms with van der Waals surface area (Å²) in [5, 5.41) is 9.77. The van der Waals surface area contributed by atoms with Crippen LogP contribution in [0, 0.1) is 6.92 Å². The van der Waals surface area contributed by atoms with Gasteiger partial charge in [0.05, 0.1) is 0 Å². The standard InChI is InChI=1S/C17H26NO/c1-3-11-18-12-6-5-10-17(4-2,14-18)15-8-7-9-16(19)13-15/h7-9,13,19H,1,3-6,10-12,14H2,2H3/t17-/m1/s1. The number of benzene rings is 1. The fourth-order valence-corrected chi connectivity index (χ4v) is 3.36. The van der Waals surface area contributed by atoms with E-state index in [2.05, 4.69) is 24.8 Å². The second-order valence-electron chi connectivity index (χ2n) is 5.77. The van der Waals surface area contributed by atoms with Gasteiger partial charge < -0.3 is 10.0 Å². The van der Waals surface area contributed by atoms with E-state index in [9.17, 15) is 5.11 Å². The smallest absolute Gasteiger partial charge is 0.115 e. The molecule has 1 saturated heterocycles. The molecule has 1 aliphatic rings. The predicted octanol–water partition coefficient (Wildman–Crippen LogP) is 3.75. The van der Waals surface area contributed by atoms with Crippen LogP contribution in [0.2, 0.25) is 0 Å². The van der Waals surface area contributed by atoms with Gasteiger partial charge in [0.1, 0.15) is 5.75 Å². The lowest BCUT2D eigenvalue weighted by molar-refractivity contribution is 0.221. The Kier molecular flexibility index (Phi) is 4.87. The summed E-state index contributed by atoms with van der Waals surface area (Å²) in [5.41, 5.74) is 1.50. The molecule has 0 amide bonds. The molecule has 0 unspecified atom stereocenters. The van der Waals surface area contributed by atoms with Gasteiger partial charge in [-0.15, -0.1) is 0 Å². The summed E-state index contributed by atoms with van der Waals surface area (Å²) >= 11 is 0. The van der Waals surface area contributed by atoms with E-state index in [1.807, 2.05) is 12.1 Å². The molecule has 0 saturated carbocycles. The fourth-order valence-electron chi connectivity index (χ4n) is 3.36. The zero-order valence-electron chi connectivity index (χ0n) is 12.1. The SMILES string of the molecule is [CH2]CCN1CCCC[C@@](CC)(c2cccc(O)c2)C1. The monoisotopic (exact) mass is 260 g/mol. The zero-order valence-corrected chi connectivity index (χ0v) is 12.1. The molecule has 1 heterocycles. The molecule has 1 N–H and O–H groups in total. The van der Waals surface area contributed by atoms with E-state index in [0.29, 0.717) is 5.75 Å². The Balaban J connectivity index is 2.28. The van der Waals surface area contributed by atoms with Crippen molar-refractivity contribution in [1.82, 2.24) is 4.90 Å². The summed E-state index contributed by atoms with van der Waals surface area (Å²) in [6.07, 6.45) is 5.88. The van der Waals surface area contributed by atoms with Gasteiger partial charge in [-0.2, -0.15) is 0 Å². The highest BCUT2D eigenvalue weighted by atomic mass is 16.3. The first-order valence-corrected chi connectivity index (χ1v) is 7.51. The van der Waals surface area contributed by atoms with E-state index in [1.54, 1.807) is 6.07 Å². The van der Waals surface area contributed by atoms with Crippen molar-refractivity contribution in [3.05, 3.63) is 36.8 Å². The van der Waals surface area contributed by atoms with Gasteiger partial charge in [0.15, 0.2) is 0 Å². The molecule has 19 heavy (non-hydrogen) atoms. The van der Waals surface area contributed by atoms with E-state index in [4.69, 9.17) is 0 Å². The van der Waals surface area contributed by atoms with Crippen LogP contribution in [0.4, 0.5) is 0 Å². The zero-order chi connectivity index (χ0) is 13.7. The molecule has 2 rings (SSSR count). The second kappa shape index (κ2) is 6.42. The van der Waals surface area contributed by atoms with Crippen LogP contribution >= 0.6 is 0 Å². The van der Waals surface area contributed by atoms with Crippen LogP contribution in [0.15, 0.2) is 24.3 Å². The molecule has 0 spiro atoms. The second-order valence-corrected chi connectivity index (χ2v) is 5.77. The Hall–Kier alpha value is -1.02. The molecule has 1 fully saturated rings. The van der Waals surface area contributed by atoms with Crippen molar-refractivity contribution in [3.8, 4) is 5.75 Å². The molecule has 1 atom stereocenters. The van der Waals surface area contributed by atoms with Gasteiger partial charge in [0.25, 0.3) is 0 Å². The van der Waals surface area contributed by atoms with Crippen LogP contribution < -0.4 is 0 Å². The van der Waals surface area contributed by atoms with Crippen LogP contribution in [-0.2, 0) is 5.41 Å². The summed E-state index contributed by atoms with van der Waals surface area (Å²) in [7, 11) is 0. The van der Waals surface area contributed by atoms with Crippen molar-refractivity contribution in [3.63, 3.8) is 0 Å². The molecule has 105 valence electrons. The highest BCUT2D eigenvalue weighted by Crippen LogP contribution is 2.37. The van der Waals surface area contributed by atoms with Crippen molar-refractivity contribution in [2.24, 2.45) is 0 Å². The van der Waals surface area contributed by atoms with Crippen LogP contribution in [-0.4, -0.2) is 29.6 Å². The van der Waals surface area contributed by atoms with E-state index >= 15 is 0 Å². The maximum absolute atomic E-state index is 9.77. The maximum Gasteiger partial charge on any atom is 0.115 e. The minimum Gasteiger partial charge on any atom is -0.508 e. The Morgan fingerprint density at radius 2 is 2.21 bits per heavy atom. The number of aromatic hydroxyl groups is 1. The molecule has 0 aliphatic carbocycles. The van der Waals surface area contributed by atoms with Gasteiger partial charge in [0.2, 0.25) is 0 Å². The van der Waals surface area contributed by atoms with Crippen LogP contribution in [0.5, 0.6) is 5.75 Å². The third-order valence-corrected chi connectivity index (χ3v) is 4.52. The molecule has 0 bridgehead atoms. The largest absolute Gasteiger partial charge is 0.508 e. The number of hydrogen-bond donors (Lipinski definition) is 1. The molecule has 1 aromatic rings. The minimum atomic E-state index is 0.199. The normalized spacial score (nSPS) is 25.2. The minimum absolute atomic E-state index is 0.199. The number of phenolic OH excluding ortho intramolecular Hbond substituents is 1. The maximum atomic E-state index is 9.77. The fraction of sp³-hybridized carbons (Fsp3) is 0.588. The van der Waals surface area contributed by atoms with Crippen molar-refractivity contribution < 1.29 is 5.11 Å². The first-order chi connectivity index (χ1) is 9.20. The van der Waals surface area contributed by atoms with Crippen molar-refractivity contribution in [2.75, 3.05) is 19.6 Å². The summed E-state index contributed by atoms with van der Waals surface area (Å²) in [5.74, 6) is 0.387. The van der Waals surface area contributed by atoms with Crippen molar-refractivity contribution >= 4 is 0 Å². The highest BCUT2D eigenvalue weighted by Gasteiger charge is 2.33. The number of hydrogen-bond acceptors (Lipinski definition) is 2. The Bertz CT molecular complexity index is 404. The van der Waals surface area contributed by atoms with Crippen LogP contribution in [0.25, 0.3) is 0 Å². The topological polar surface area (TPSA) is 23.5 Å². The molecule has 2 nitrogen and oxygen atoms in total. The van der Waals surface area contributed by atoms with E-state index in [0.717, 1.165) is 25.9 Å². The van der Waals surface area contributed by atoms with Crippen molar-refractivity contribution in [1.29, 1.82) is 0 Å². The lowest BCUT2D eigenvalue weighted by atomic mass is 9.74. The highest BCUT2D eigenvalue weighted by molar-refractivity contribution is 5.33. The Morgan fingerprint density at radius 3 is 2.89 bits per heavy atom. The first-order valence-electron chi connectivity index (χ1n) is 7.51. The molecular weight excluding hydrogens is 234 g/mol. The number of rotatable bonds is 4. The molecule has 2 heteroatoms.